The SMILES string of the molecule is O=[N+]([O-])c1ccc(N=C(c2cccc([N+](=O)[O-])c2)N2CCCCC2)cc1. The third-order valence-corrected chi connectivity index (χ3v) is 4.27. The Morgan fingerprint density at radius 2 is 1.54 bits per heavy atom. The normalized spacial score (nSPS) is 14.9. The summed E-state index contributed by atoms with van der Waals surface area (Å²) in [5, 5.41) is 21.9. The minimum absolute atomic E-state index is 0.00109. The van der Waals surface area contributed by atoms with Gasteiger partial charge in [-0.15, -0.1) is 0 Å². The quantitative estimate of drug-likeness (QED) is 0.356. The number of rotatable bonds is 4. The van der Waals surface area contributed by atoms with Crippen LogP contribution >= 0.6 is 0 Å². The molecule has 26 heavy (non-hydrogen) atoms. The maximum absolute atomic E-state index is 11.1. The lowest BCUT2D eigenvalue weighted by molar-refractivity contribution is -0.385. The van der Waals surface area contributed by atoms with Crippen molar-refractivity contribution in [2.45, 2.75) is 19.3 Å². The monoisotopic (exact) mass is 354 g/mol. The van der Waals surface area contributed by atoms with Crippen molar-refractivity contribution in [2.24, 2.45) is 4.99 Å². The third-order valence-electron chi connectivity index (χ3n) is 4.27. The summed E-state index contributed by atoms with van der Waals surface area (Å²) in [5.41, 5.74) is 1.25. The van der Waals surface area contributed by atoms with E-state index in [-0.39, 0.29) is 11.4 Å². The van der Waals surface area contributed by atoms with Crippen molar-refractivity contribution in [3.8, 4) is 0 Å². The number of nitro groups is 2. The number of non-ortho nitro benzene ring substituents is 2. The molecule has 0 atom stereocenters. The predicted octanol–water partition coefficient (Wildman–Crippen LogP) is 4.07. The van der Waals surface area contributed by atoms with Crippen LogP contribution in [0.1, 0.15) is 24.8 Å². The Labute approximate surface area is 150 Å². The fourth-order valence-corrected chi connectivity index (χ4v) is 2.95. The minimum Gasteiger partial charge on any atom is -0.356 e. The molecule has 8 heteroatoms. The van der Waals surface area contributed by atoms with Crippen LogP contribution in [0.5, 0.6) is 0 Å². The average Bonchev–Trinajstić information content (AvgIpc) is 2.67. The Morgan fingerprint density at radius 3 is 2.15 bits per heavy atom. The van der Waals surface area contributed by atoms with E-state index in [0.29, 0.717) is 17.1 Å². The molecule has 2 aromatic carbocycles. The lowest BCUT2D eigenvalue weighted by Crippen LogP contribution is -2.36. The summed E-state index contributed by atoms with van der Waals surface area (Å²) in [6.45, 7) is 1.66. The summed E-state index contributed by atoms with van der Waals surface area (Å²) >= 11 is 0. The second-order valence-corrected chi connectivity index (χ2v) is 6.06. The van der Waals surface area contributed by atoms with E-state index >= 15 is 0 Å². The number of benzene rings is 2. The largest absolute Gasteiger partial charge is 0.356 e. The van der Waals surface area contributed by atoms with Gasteiger partial charge in [0, 0.05) is 42.9 Å². The van der Waals surface area contributed by atoms with Crippen LogP contribution in [-0.4, -0.2) is 33.7 Å². The van der Waals surface area contributed by atoms with Gasteiger partial charge in [-0.2, -0.15) is 0 Å². The molecule has 0 aliphatic carbocycles. The molecule has 0 N–H and O–H groups in total. The first-order valence-electron chi connectivity index (χ1n) is 8.37. The van der Waals surface area contributed by atoms with Gasteiger partial charge in [-0.25, -0.2) is 4.99 Å². The lowest BCUT2D eigenvalue weighted by Gasteiger charge is -2.30. The second kappa shape index (κ2) is 7.73. The van der Waals surface area contributed by atoms with Gasteiger partial charge in [-0.05, 0) is 31.4 Å². The van der Waals surface area contributed by atoms with E-state index in [0.717, 1.165) is 32.4 Å². The molecule has 1 fully saturated rings. The predicted molar refractivity (Wildman–Crippen MR) is 97.8 cm³/mol. The third kappa shape index (κ3) is 4.02. The molecule has 1 aliphatic heterocycles. The smallest absolute Gasteiger partial charge is 0.270 e. The number of hydrogen-bond acceptors (Lipinski definition) is 5. The number of aliphatic imine (C=N–C) groups is 1. The molecule has 134 valence electrons. The summed E-state index contributed by atoms with van der Waals surface area (Å²) in [6.07, 6.45) is 3.22. The molecule has 0 spiro atoms. The van der Waals surface area contributed by atoms with Crippen LogP contribution in [0.25, 0.3) is 0 Å². The van der Waals surface area contributed by atoms with Gasteiger partial charge in [0.15, 0.2) is 0 Å². The summed E-state index contributed by atoms with van der Waals surface area (Å²) in [6, 6.07) is 12.4. The van der Waals surface area contributed by atoms with E-state index < -0.39 is 9.85 Å². The van der Waals surface area contributed by atoms with Gasteiger partial charge in [0.25, 0.3) is 11.4 Å². The highest BCUT2D eigenvalue weighted by Gasteiger charge is 2.19. The molecule has 0 saturated carbocycles. The number of likely N-dealkylation sites (tertiary alicyclic amines) is 1. The summed E-state index contributed by atoms with van der Waals surface area (Å²) in [5.74, 6) is 0.655. The van der Waals surface area contributed by atoms with E-state index in [1.165, 1.54) is 24.3 Å². The van der Waals surface area contributed by atoms with Gasteiger partial charge in [-0.3, -0.25) is 20.2 Å². The van der Waals surface area contributed by atoms with Crippen LogP contribution in [0.2, 0.25) is 0 Å². The maximum Gasteiger partial charge on any atom is 0.270 e. The Balaban J connectivity index is 2.01. The average molecular weight is 354 g/mol. The van der Waals surface area contributed by atoms with Gasteiger partial charge in [0.05, 0.1) is 15.5 Å². The molecular formula is C18H18N4O4. The summed E-state index contributed by atoms with van der Waals surface area (Å²) < 4.78 is 0. The van der Waals surface area contributed by atoms with Crippen molar-refractivity contribution < 1.29 is 9.85 Å². The van der Waals surface area contributed by atoms with Gasteiger partial charge in [0.2, 0.25) is 0 Å². The Hall–Kier alpha value is -3.29. The zero-order valence-electron chi connectivity index (χ0n) is 14.1. The first-order valence-corrected chi connectivity index (χ1v) is 8.37. The van der Waals surface area contributed by atoms with Crippen LogP contribution in [0.3, 0.4) is 0 Å². The first kappa shape index (κ1) is 17.5. The summed E-state index contributed by atoms with van der Waals surface area (Å²) in [7, 11) is 0. The molecule has 2 aromatic rings. The van der Waals surface area contributed by atoms with Gasteiger partial charge in [0.1, 0.15) is 5.84 Å². The fourth-order valence-electron chi connectivity index (χ4n) is 2.95. The van der Waals surface area contributed by atoms with Crippen molar-refractivity contribution in [3.63, 3.8) is 0 Å². The van der Waals surface area contributed by atoms with Gasteiger partial charge < -0.3 is 4.90 Å². The van der Waals surface area contributed by atoms with Crippen molar-refractivity contribution in [3.05, 3.63) is 74.3 Å². The van der Waals surface area contributed by atoms with Crippen molar-refractivity contribution in [2.75, 3.05) is 13.1 Å². The van der Waals surface area contributed by atoms with Crippen LogP contribution in [-0.2, 0) is 0 Å². The van der Waals surface area contributed by atoms with Crippen LogP contribution in [0, 0.1) is 20.2 Å². The van der Waals surface area contributed by atoms with Gasteiger partial charge >= 0.3 is 0 Å². The number of nitrogens with zero attached hydrogens (tertiary/aromatic N) is 4. The van der Waals surface area contributed by atoms with Crippen molar-refractivity contribution >= 4 is 22.9 Å². The van der Waals surface area contributed by atoms with Crippen molar-refractivity contribution in [1.82, 2.24) is 4.90 Å². The van der Waals surface area contributed by atoms with E-state index in [1.807, 2.05) is 0 Å². The highest BCUT2D eigenvalue weighted by Crippen LogP contribution is 2.23. The molecule has 1 aliphatic rings. The topological polar surface area (TPSA) is 102 Å². The number of piperidine rings is 1. The lowest BCUT2D eigenvalue weighted by atomic mass is 10.1. The second-order valence-electron chi connectivity index (χ2n) is 6.06. The van der Waals surface area contributed by atoms with Gasteiger partial charge in [-0.1, -0.05) is 12.1 Å². The molecule has 1 saturated heterocycles. The number of amidine groups is 1. The highest BCUT2D eigenvalue weighted by atomic mass is 16.6. The van der Waals surface area contributed by atoms with Crippen LogP contribution in [0.15, 0.2) is 53.5 Å². The maximum atomic E-state index is 11.1. The summed E-state index contributed by atoms with van der Waals surface area (Å²) in [4.78, 5) is 27.8. The molecule has 0 radical (unpaired) electrons. The van der Waals surface area contributed by atoms with E-state index in [9.17, 15) is 20.2 Å². The molecule has 8 nitrogen and oxygen atoms in total. The Morgan fingerprint density at radius 1 is 0.885 bits per heavy atom. The molecule has 0 aromatic heterocycles. The minimum atomic E-state index is -0.459. The molecule has 1 heterocycles. The number of nitro benzene ring substituents is 2. The highest BCUT2D eigenvalue weighted by molar-refractivity contribution is 6.00. The molecule has 0 unspecified atom stereocenters. The fraction of sp³-hybridized carbons (Fsp3) is 0.278. The van der Waals surface area contributed by atoms with Crippen molar-refractivity contribution in [1.29, 1.82) is 0 Å². The Kier molecular flexibility index (Phi) is 5.21. The number of hydrogen-bond donors (Lipinski definition) is 0. The zero-order chi connectivity index (χ0) is 18.5. The molecular weight excluding hydrogens is 336 g/mol. The Bertz CT molecular complexity index is 843. The van der Waals surface area contributed by atoms with E-state index in [2.05, 4.69) is 9.89 Å². The van der Waals surface area contributed by atoms with E-state index in [1.54, 1.807) is 24.3 Å². The molecule has 0 amide bonds. The van der Waals surface area contributed by atoms with Crippen LogP contribution < -0.4 is 0 Å². The van der Waals surface area contributed by atoms with Crippen LogP contribution in [0.4, 0.5) is 17.1 Å². The molecule has 0 bridgehead atoms. The first-order chi connectivity index (χ1) is 12.5. The zero-order valence-corrected chi connectivity index (χ0v) is 14.1. The molecule has 3 rings (SSSR count). The standard InChI is InChI=1S/C18H18N4O4/c23-21(24)16-9-7-15(8-10-16)19-18(20-11-2-1-3-12-20)14-5-4-6-17(13-14)22(25)26/h4-10,13H,1-3,11-12H2. The van der Waals surface area contributed by atoms with E-state index in [4.69, 9.17) is 0 Å².